The van der Waals surface area contributed by atoms with Gasteiger partial charge in [-0.3, -0.25) is 0 Å². The zero-order valence-corrected chi connectivity index (χ0v) is 14.0. The van der Waals surface area contributed by atoms with Gasteiger partial charge in [0.05, 0.1) is 18.9 Å². The number of nitrogens with zero attached hydrogens (tertiary/aromatic N) is 1. The lowest BCUT2D eigenvalue weighted by Gasteiger charge is -2.18. The van der Waals surface area contributed by atoms with Crippen LogP contribution in [0.4, 0.5) is 4.79 Å². The van der Waals surface area contributed by atoms with E-state index in [4.69, 9.17) is 9.47 Å². The Bertz CT molecular complexity index is 666. The van der Waals surface area contributed by atoms with Crippen molar-refractivity contribution in [2.75, 3.05) is 13.7 Å². The Hall–Kier alpha value is -2.64. The molecule has 0 aliphatic rings. The summed E-state index contributed by atoms with van der Waals surface area (Å²) in [7, 11) is 1.47. The molecule has 0 aliphatic heterocycles. The number of pyridine rings is 1. The van der Waals surface area contributed by atoms with Crippen molar-refractivity contribution in [2.24, 2.45) is 0 Å². The number of benzene rings is 1. The molecule has 1 amide bonds. The largest absolute Gasteiger partial charge is 0.481 e. The molecule has 0 saturated heterocycles. The van der Waals surface area contributed by atoms with Gasteiger partial charge in [-0.1, -0.05) is 36.4 Å². The van der Waals surface area contributed by atoms with Crippen LogP contribution in [-0.2, 0) is 11.3 Å². The number of hydrogen-bond acceptors (Lipinski definition) is 6. The molecule has 0 fully saturated rings. The molecule has 0 bridgehead atoms. The van der Waals surface area contributed by atoms with Gasteiger partial charge in [0.1, 0.15) is 12.7 Å². The van der Waals surface area contributed by atoms with Gasteiger partial charge < -0.3 is 25.0 Å². The van der Waals surface area contributed by atoms with Gasteiger partial charge in [-0.25, -0.2) is 9.78 Å². The molecule has 0 saturated carbocycles. The fraction of sp³-hybridized carbons (Fsp3) is 0.333. The van der Waals surface area contributed by atoms with E-state index in [-0.39, 0.29) is 19.6 Å². The van der Waals surface area contributed by atoms with Crippen LogP contribution in [0, 0.1) is 0 Å². The standard InChI is InChI=1S/C18H22N2O5/c1-24-16-9-5-8-14(20-16)17(22)15(21)10-11-19-18(23)25-12-13-6-3-2-4-7-13/h2-9,15,17,21-22H,10-12H2,1H3,(H,19,23). The molecule has 1 aromatic carbocycles. The molecule has 7 heteroatoms. The van der Waals surface area contributed by atoms with E-state index in [1.165, 1.54) is 7.11 Å². The average molecular weight is 346 g/mol. The zero-order chi connectivity index (χ0) is 18.1. The third kappa shape index (κ3) is 6.06. The van der Waals surface area contributed by atoms with Crippen LogP contribution in [0.5, 0.6) is 5.88 Å². The molecular formula is C18H22N2O5. The normalized spacial score (nSPS) is 12.9. The van der Waals surface area contributed by atoms with Gasteiger partial charge in [-0.15, -0.1) is 0 Å². The molecular weight excluding hydrogens is 324 g/mol. The number of amides is 1. The third-order valence-electron chi connectivity index (χ3n) is 3.54. The molecule has 0 spiro atoms. The van der Waals surface area contributed by atoms with Crippen LogP contribution in [-0.4, -0.2) is 41.0 Å². The monoisotopic (exact) mass is 346 g/mol. The number of carbonyl (C=O) groups is 1. The fourth-order valence-electron chi connectivity index (χ4n) is 2.16. The number of alkyl carbamates (subject to hydrolysis) is 1. The summed E-state index contributed by atoms with van der Waals surface area (Å²) < 4.78 is 10.0. The van der Waals surface area contributed by atoms with Crippen molar-refractivity contribution in [3.05, 3.63) is 59.8 Å². The molecule has 0 aliphatic carbocycles. The Balaban J connectivity index is 1.71. The van der Waals surface area contributed by atoms with Gasteiger partial charge in [0.2, 0.25) is 5.88 Å². The summed E-state index contributed by atoms with van der Waals surface area (Å²) in [5, 5.41) is 22.7. The number of aliphatic hydroxyl groups excluding tert-OH is 2. The third-order valence-corrected chi connectivity index (χ3v) is 3.54. The number of ether oxygens (including phenoxy) is 2. The summed E-state index contributed by atoms with van der Waals surface area (Å²) in [5.74, 6) is 0.353. The molecule has 2 atom stereocenters. The minimum absolute atomic E-state index is 0.153. The SMILES string of the molecule is COc1cccc(C(O)C(O)CCNC(=O)OCc2ccccc2)n1. The first kappa shape index (κ1) is 18.7. The highest BCUT2D eigenvalue weighted by molar-refractivity contribution is 5.67. The van der Waals surface area contributed by atoms with Crippen molar-refractivity contribution >= 4 is 6.09 Å². The molecule has 7 nitrogen and oxygen atoms in total. The lowest BCUT2D eigenvalue weighted by Crippen LogP contribution is -2.30. The number of methoxy groups -OCH3 is 1. The Morgan fingerprint density at radius 2 is 1.92 bits per heavy atom. The topological polar surface area (TPSA) is 101 Å². The molecule has 3 N–H and O–H groups in total. The van der Waals surface area contributed by atoms with Crippen LogP contribution in [0.2, 0.25) is 0 Å². The van der Waals surface area contributed by atoms with Gasteiger partial charge in [0.15, 0.2) is 0 Å². The number of carbonyl (C=O) groups excluding carboxylic acids is 1. The molecule has 0 radical (unpaired) electrons. The van der Waals surface area contributed by atoms with Crippen LogP contribution < -0.4 is 10.1 Å². The van der Waals surface area contributed by atoms with Crippen LogP contribution in [0.25, 0.3) is 0 Å². The number of nitrogens with one attached hydrogen (secondary N) is 1. The summed E-state index contributed by atoms with van der Waals surface area (Å²) in [6.45, 7) is 0.335. The molecule has 1 heterocycles. The molecule has 1 aromatic heterocycles. The van der Waals surface area contributed by atoms with Crippen LogP contribution in [0.15, 0.2) is 48.5 Å². The minimum Gasteiger partial charge on any atom is -0.481 e. The van der Waals surface area contributed by atoms with Gasteiger partial charge in [-0.05, 0) is 18.1 Å². The second kappa shape index (κ2) is 9.61. The number of aromatic nitrogens is 1. The maximum absolute atomic E-state index is 11.6. The van der Waals surface area contributed by atoms with E-state index in [0.717, 1.165) is 5.56 Å². The smallest absolute Gasteiger partial charge is 0.407 e. The van der Waals surface area contributed by atoms with E-state index in [1.807, 2.05) is 30.3 Å². The van der Waals surface area contributed by atoms with Gasteiger partial charge in [0.25, 0.3) is 0 Å². The van der Waals surface area contributed by atoms with Crippen LogP contribution in [0.1, 0.15) is 23.8 Å². The first-order chi connectivity index (χ1) is 12.1. The summed E-state index contributed by atoms with van der Waals surface area (Å²) in [6.07, 6.45) is -2.67. The highest BCUT2D eigenvalue weighted by Crippen LogP contribution is 2.19. The lowest BCUT2D eigenvalue weighted by atomic mass is 10.1. The Morgan fingerprint density at radius 3 is 2.64 bits per heavy atom. The predicted molar refractivity (Wildman–Crippen MR) is 91.0 cm³/mol. The van der Waals surface area contributed by atoms with E-state index in [1.54, 1.807) is 18.2 Å². The fourth-order valence-corrected chi connectivity index (χ4v) is 2.16. The highest BCUT2D eigenvalue weighted by atomic mass is 16.5. The Labute approximate surface area is 146 Å². The summed E-state index contributed by atoms with van der Waals surface area (Å²) in [6, 6.07) is 14.2. The number of aliphatic hydroxyl groups is 2. The summed E-state index contributed by atoms with van der Waals surface area (Å²) in [4.78, 5) is 15.7. The van der Waals surface area contributed by atoms with E-state index in [9.17, 15) is 15.0 Å². The quantitative estimate of drug-likeness (QED) is 0.674. The van der Waals surface area contributed by atoms with Crippen molar-refractivity contribution in [3.8, 4) is 5.88 Å². The first-order valence-corrected chi connectivity index (χ1v) is 7.91. The van der Waals surface area contributed by atoms with Crippen molar-refractivity contribution < 1.29 is 24.5 Å². The molecule has 25 heavy (non-hydrogen) atoms. The summed E-state index contributed by atoms with van der Waals surface area (Å²) >= 11 is 0. The van der Waals surface area contributed by atoms with Crippen LogP contribution in [0.3, 0.4) is 0 Å². The van der Waals surface area contributed by atoms with Gasteiger partial charge >= 0.3 is 6.09 Å². The second-order valence-corrected chi connectivity index (χ2v) is 5.39. The van der Waals surface area contributed by atoms with Crippen molar-refractivity contribution in [2.45, 2.75) is 25.2 Å². The maximum atomic E-state index is 11.6. The molecule has 134 valence electrons. The number of rotatable bonds is 8. The van der Waals surface area contributed by atoms with E-state index in [2.05, 4.69) is 10.3 Å². The summed E-state index contributed by atoms with van der Waals surface area (Å²) in [5.41, 5.74) is 1.19. The minimum atomic E-state index is -1.17. The molecule has 2 unspecified atom stereocenters. The Morgan fingerprint density at radius 1 is 1.16 bits per heavy atom. The predicted octanol–water partition coefficient (Wildman–Crippen LogP) is 1.80. The Kier molecular flexibility index (Phi) is 7.18. The molecule has 2 rings (SSSR count). The lowest BCUT2D eigenvalue weighted by molar-refractivity contribution is 0.0109. The first-order valence-electron chi connectivity index (χ1n) is 7.91. The zero-order valence-electron chi connectivity index (χ0n) is 14.0. The van der Waals surface area contributed by atoms with Gasteiger partial charge in [0, 0.05) is 12.6 Å². The maximum Gasteiger partial charge on any atom is 0.407 e. The van der Waals surface area contributed by atoms with Crippen molar-refractivity contribution in [1.29, 1.82) is 0 Å². The van der Waals surface area contributed by atoms with E-state index >= 15 is 0 Å². The number of hydrogen-bond donors (Lipinski definition) is 3. The average Bonchev–Trinajstić information content (AvgIpc) is 2.66. The van der Waals surface area contributed by atoms with Gasteiger partial charge in [-0.2, -0.15) is 0 Å². The van der Waals surface area contributed by atoms with E-state index < -0.39 is 18.3 Å². The second-order valence-electron chi connectivity index (χ2n) is 5.39. The van der Waals surface area contributed by atoms with E-state index in [0.29, 0.717) is 11.6 Å². The van der Waals surface area contributed by atoms with Crippen molar-refractivity contribution in [3.63, 3.8) is 0 Å². The van der Waals surface area contributed by atoms with Crippen molar-refractivity contribution in [1.82, 2.24) is 10.3 Å². The molecule has 2 aromatic rings. The highest BCUT2D eigenvalue weighted by Gasteiger charge is 2.20. The van der Waals surface area contributed by atoms with Crippen LogP contribution >= 0.6 is 0 Å².